The minimum Gasteiger partial charge on any atom is -0.491 e. The lowest BCUT2D eigenvalue weighted by molar-refractivity contribution is 0.322. The van der Waals surface area contributed by atoms with Crippen molar-refractivity contribution in [2.75, 3.05) is 25.1 Å². The van der Waals surface area contributed by atoms with Crippen LogP contribution in [0, 0.1) is 0 Å². The van der Waals surface area contributed by atoms with Crippen LogP contribution in [0.5, 0.6) is 5.75 Å². The maximum Gasteiger partial charge on any atom is 0.142 e. The van der Waals surface area contributed by atoms with E-state index in [2.05, 4.69) is 22.3 Å². The fourth-order valence-corrected chi connectivity index (χ4v) is 2.92. The van der Waals surface area contributed by atoms with Gasteiger partial charge in [-0.2, -0.15) is 0 Å². The Morgan fingerprint density at radius 3 is 2.90 bits per heavy atom. The summed E-state index contributed by atoms with van der Waals surface area (Å²) in [5, 5.41) is 3.98. The summed E-state index contributed by atoms with van der Waals surface area (Å²) in [6.07, 6.45) is 0.996. The van der Waals surface area contributed by atoms with Crippen LogP contribution in [0.2, 0.25) is 5.02 Å². The van der Waals surface area contributed by atoms with Crippen molar-refractivity contribution in [1.29, 1.82) is 0 Å². The second-order valence-electron chi connectivity index (χ2n) is 5.12. The van der Waals surface area contributed by atoms with Crippen LogP contribution < -0.4 is 15.0 Å². The van der Waals surface area contributed by atoms with Crippen molar-refractivity contribution in [2.24, 2.45) is 0 Å². The third-order valence-corrected chi connectivity index (χ3v) is 3.87. The van der Waals surface area contributed by atoms with Crippen LogP contribution in [-0.4, -0.2) is 20.2 Å². The number of ether oxygens (including phenoxy) is 1. The third kappa shape index (κ3) is 2.99. The van der Waals surface area contributed by atoms with E-state index in [4.69, 9.17) is 16.3 Å². The van der Waals surface area contributed by atoms with Gasteiger partial charge in [0.05, 0.1) is 12.3 Å². The van der Waals surface area contributed by atoms with E-state index in [1.807, 2.05) is 37.4 Å². The molecular weight excluding hydrogens is 284 g/mol. The van der Waals surface area contributed by atoms with Gasteiger partial charge in [-0.15, -0.1) is 0 Å². The Morgan fingerprint density at radius 1 is 1.19 bits per heavy atom. The molecule has 21 heavy (non-hydrogen) atoms. The van der Waals surface area contributed by atoms with Crippen molar-refractivity contribution in [3.05, 3.63) is 53.1 Å². The number of para-hydroxylation sites is 2. The number of nitrogens with zero attached hydrogens (tertiary/aromatic N) is 1. The molecule has 0 unspecified atom stereocenters. The highest BCUT2D eigenvalue weighted by molar-refractivity contribution is 6.30. The summed E-state index contributed by atoms with van der Waals surface area (Å²) in [4.78, 5) is 2.32. The smallest absolute Gasteiger partial charge is 0.142 e. The number of benzene rings is 2. The van der Waals surface area contributed by atoms with Crippen molar-refractivity contribution in [2.45, 2.75) is 13.0 Å². The molecule has 0 amide bonds. The molecule has 0 spiro atoms. The largest absolute Gasteiger partial charge is 0.491 e. The van der Waals surface area contributed by atoms with Crippen molar-refractivity contribution in [3.8, 4) is 5.75 Å². The van der Waals surface area contributed by atoms with Crippen LogP contribution in [0.1, 0.15) is 12.0 Å². The van der Waals surface area contributed by atoms with E-state index in [-0.39, 0.29) is 0 Å². The fraction of sp³-hybridized carbons (Fsp3) is 0.294. The van der Waals surface area contributed by atoms with Crippen LogP contribution in [-0.2, 0) is 6.54 Å². The molecule has 0 aliphatic carbocycles. The molecule has 1 aliphatic rings. The van der Waals surface area contributed by atoms with E-state index < -0.39 is 0 Å². The minimum atomic E-state index is 0.752. The summed E-state index contributed by atoms with van der Waals surface area (Å²) in [7, 11) is 1.95. The maximum absolute atomic E-state index is 6.15. The highest BCUT2D eigenvalue weighted by Gasteiger charge is 2.19. The summed E-state index contributed by atoms with van der Waals surface area (Å²) < 4.78 is 5.84. The molecule has 2 aromatic rings. The van der Waals surface area contributed by atoms with E-state index >= 15 is 0 Å². The molecule has 0 atom stereocenters. The van der Waals surface area contributed by atoms with Gasteiger partial charge in [-0.3, -0.25) is 0 Å². The minimum absolute atomic E-state index is 0.752. The standard InChI is InChI=1S/C17H19ClN2O/c1-19-12-13-11-14(18)7-8-15(13)20-9-4-10-21-17-6-3-2-5-16(17)20/h2-3,5-8,11,19H,4,9-10,12H2,1H3. The molecule has 2 aromatic carbocycles. The zero-order valence-electron chi connectivity index (χ0n) is 12.1. The van der Waals surface area contributed by atoms with E-state index in [1.165, 1.54) is 11.3 Å². The molecule has 0 radical (unpaired) electrons. The summed E-state index contributed by atoms with van der Waals surface area (Å²) in [5.74, 6) is 0.945. The molecule has 1 heterocycles. The van der Waals surface area contributed by atoms with Crippen LogP contribution in [0.15, 0.2) is 42.5 Å². The Bertz CT molecular complexity index is 630. The molecule has 0 fully saturated rings. The number of hydrogen-bond donors (Lipinski definition) is 1. The molecule has 1 aliphatic heterocycles. The quantitative estimate of drug-likeness (QED) is 0.928. The lowest BCUT2D eigenvalue weighted by atomic mass is 10.1. The molecule has 3 nitrogen and oxygen atoms in total. The van der Waals surface area contributed by atoms with Gasteiger partial charge in [0.15, 0.2) is 0 Å². The molecule has 0 saturated carbocycles. The molecule has 0 aromatic heterocycles. The van der Waals surface area contributed by atoms with Gasteiger partial charge in [0.2, 0.25) is 0 Å². The van der Waals surface area contributed by atoms with Crippen molar-refractivity contribution in [3.63, 3.8) is 0 Å². The number of halogens is 1. The first kappa shape index (κ1) is 14.2. The van der Waals surface area contributed by atoms with Crippen molar-refractivity contribution < 1.29 is 4.74 Å². The first-order chi connectivity index (χ1) is 10.3. The lowest BCUT2D eigenvalue weighted by Crippen LogP contribution is -2.20. The van der Waals surface area contributed by atoms with Crippen LogP contribution in [0.25, 0.3) is 0 Å². The van der Waals surface area contributed by atoms with Crippen molar-refractivity contribution >= 4 is 23.0 Å². The Hall–Kier alpha value is -1.71. The molecule has 0 bridgehead atoms. The van der Waals surface area contributed by atoms with Crippen molar-refractivity contribution in [1.82, 2.24) is 5.32 Å². The molecule has 3 rings (SSSR count). The molecular formula is C17H19ClN2O. The van der Waals surface area contributed by atoms with E-state index in [9.17, 15) is 0 Å². The van der Waals surface area contributed by atoms with Gasteiger partial charge < -0.3 is 15.0 Å². The Morgan fingerprint density at radius 2 is 2.05 bits per heavy atom. The average molecular weight is 303 g/mol. The summed E-state index contributed by atoms with van der Waals surface area (Å²) in [6, 6.07) is 14.3. The average Bonchev–Trinajstić information content (AvgIpc) is 2.70. The van der Waals surface area contributed by atoms with Gasteiger partial charge in [-0.25, -0.2) is 0 Å². The predicted octanol–water partition coefficient (Wildman–Crippen LogP) is 3.98. The van der Waals surface area contributed by atoms with E-state index in [1.54, 1.807) is 0 Å². The van der Waals surface area contributed by atoms with Gasteiger partial charge in [0, 0.05) is 23.8 Å². The number of nitrogens with one attached hydrogen (secondary N) is 1. The predicted molar refractivity (Wildman–Crippen MR) is 87.8 cm³/mol. The zero-order chi connectivity index (χ0) is 14.7. The number of fused-ring (bicyclic) bond motifs is 1. The molecule has 0 saturated heterocycles. The second-order valence-corrected chi connectivity index (χ2v) is 5.56. The fourth-order valence-electron chi connectivity index (χ4n) is 2.73. The topological polar surface area (TPSA) is 24.5 Å². The summed E-state index contributed by atoms with van der Waals surface area (Å²) >= 11 is 6.15. The van der Waals surface area contributed by atoms with Gasteiger partial charge in [-0.1, -0.05) is 23.7 Å². The Labute approximate surface area is 130 Å². The monoisotopic (exact) mass is 302 g/mol. The second kappa shape index (κ2) is 6.37. The molecule has 1 N–H and O–H groups in total. The first-order valence-electron chi connectivity index (χ1n) is 7.22. The summed E-state index contributed by atoms with van der Waals surface area (Å²) in [6.45, 7) is 2.48. The maximum atomic E-state index is 6.15. The number of hydrogen-bond acceptors (Lipinski definition) is 3. The zero-order valence-corrected chi connectivity index (χ0v) is 12.9. The molecule has 4 heteroatoms. The Balaban J connectivity index is 2.07. The Kier molecular flexibility index (Phi) is 4.32. The SMILES string of the molecule is CNCc1cc(Cl)ccc1N1CCCOc2ccccc21. The van der Waals surface area contributed by atoms with Crippen LogP contribution in [0.4, 0.5) is 11.4 Å². The third-order valence-electron chi connectivity index (χ3n) is 3.64. The van der Waals surface area contributed by atoms with Crippen LogP contribution >= 0.6 is 11.6 Å². The van der Waals surface area contributed by atoms with Gasteiger partial charge in [0.25, 0.3) is 0 Å². The first-order valence-corrected chi connectivity index (χ1v) is 7.60. The highest BCUT2D eigenvalue weighted by atomic mass is 35.5. The molecule has 110 valence electrons. The van der Waals surface area contributed by atoms with E-state index in [0.717, 1.165) is 42.6 Å². The van der Waals surface area contributed by atoms with Crippen LogP contribution in [0.3, 0.4) is 0 Å². The lowest BCUT2D eigenvalue weighted by Gasteiger charge is -2.26. The van der Waals surface area contributed by atoms with Gasteiger partial charge >= 0.3 is 0 Å². The summed E-state index contributed by atoms with van der Waals surface area (Å²) in [5.41, 5.74) is 3.50. The highest BCUT2D eigenvalue weighted by Crippen LogP contribution is 2.37. The van der Waals surface area contributed by atoms with Gasteiger partial charge in [-0.05, 0) is 49.4 Å². The number of rotatable bonds is 3. The normalized spacial score (nSPS) is 14.3. The van der Waals surface area contributed by atoms with E-state index in [0.29, 0.717) is 0 Å². The van der Waals surface area contributed by atoms with Gasteiger partial charge in [0.1, 0.15) is 5.75 Å². The number of anilines is 2.